The molecular formula is C22H28N2O6S2. The largest absolute Gasteiger partial charge is 0.482 e. The first kappa shape index (κ1) is 24.1. The fraction of sp³-hybridized carbons (Fsp3) is 0.455. The van der Waals surface area contributed by atoms with Crippen LogP contribution in [0.2, 0.25) is 0 Å². The summed E-state index contributed by atoms with van der Waals surface area (Å²) in [5, 5.41) is 4.62. The number of sulfonamides is 1. The minimum Gasteiger partial charge on any atom is -0.482 e. The molecule has 8 nitrogen and oxygen atoms in total. The summed E-state index contributed by atoms with van der Waals surface area (Å²) in [7, 11) is -2.14. The number of anilines is 1. The third-order valence-corrected chi connectivity index (χ3v) is 8.41. The van der Waals surface area contributed by atoms with Gasteiger partial charge in [0, 0.05) is 13.1 Å². The minimum absolute atomic E-state index is 0.153. The Labute approximate surface area is 192 Å². The van der Waals surface area contributed by atoms with Gasteiger partial charge in [0.15, 0.2) is 13.2 Å². The van der Waals surface area contributed by atoms with Gasteiger partial charge in [-0.15, -0.1) is 11.3 Å². The lowest BCUT2D eigenvalue weighted by Crippen LogP contribution is -2.37. The van der Waals surface area contributed by atoms with Gasteiger partial charge in [-0.05, 0) is 48.6 Å². The van der Waals surface area contributed by atoms with E-state index in [0.29, 0.717) is 11.4 Å². The third-order valence-electron chi connectivity index (χ3n) is 5.25. The Morgan fingerprint density at radius 3 is 2.38 bits per heavy atom. The van der Waals surface area contributed by atoms with Crippen molar-refractivity contribution in [3.8, 4) is 5.75 Å². The van der Waals surface area contributed by atoms with Crippen LogP contribution in [0, 0.1) is 0 Å². The summed E-state index contributed by atoms with van der Waals surface area (Å²) in [6.45, 7) is -0.678. The van der Waals surface area contributed by atoms with Crippen molar-refractivity contribution in [2.45, 2.75) is 48.8 Å². The van der Waals surface area contributed by atoms with E-state index in [9.17, 15) is 18.0 Å². The number of hydrogen-bond donors (Lipinski definition) is 1. The van der Waals surface area contributed by atoms with Gasteiger partial charge < -0.3 is 14.8 Å². The standard InChI is InChI=1S/C22H28N2O6S2/c1-24(32(27,28)22-9-6-14-31-22)18-10-12-19(13-11-18)29-16-21(26)30-15-20(25)23-17-7-4-2-3-5-8-17/h6,9-14,17H,2-5,7-8,15-16H2,1H3,(H,23,25). The van der Waals surface area contributed by atoms with Crippen molar-refractivity contribution in [2.75, 3.05) is 24.6 Å². The highest BCUT2D eigenvalue weighted by molar-refractivity contribution is 7.94. The molecule has 1 fully saturated rings. The van der Waals surface area contributed by atoms with Crippen LogP contribution >= 0.6 is 11.3 Å². The van der Waals surface area contributed by atoms with Gasteiger partial charge in [-0.2, -0.15) is 0 Å². The van der Waals surface area contributed by atoms with Gasteiger partial charge in [-0.25, -0.2) is 13.2 Å². The lowest BCUT2D eigenvalue weighted by atomic mass is 10.1. The molecule has 1 N–H and O–H groups in total. The lowest BCUT2D eigenvalue weighted by molar-refractivity contribution is -0.150. The van der Waals surface area contributed by atoms with Crippen LogP contribution in [-0.2, 0) is 24.3 Å². The van der Waals surface area contributed by atoms with E-state index >= 15 is 0 Å². The first-order valence-electron chi connectivity index (χ1n) is 10.6. The summed E-state index contributed by atoms with van der Waals surface area (Å²) in [4.78, 5) is 23.9. The monoisotopic (exact) mass is 480 g/mol. The number of carbonyl (C=O) groups is 2. The topological polar surface area (TPSA) is 102 Å². The second kappa shape index (κ2) is 11.3. The van der Waals surface area contributed by atoms with Crippen LogP contribution in [-0.4, -0.2) is 46.6 Å². The van der Waals surface area contributed by atoms with Crippen LogP contribution in [0.1, 0.15) is 38.5 Å². The number of thiophene rings is 1. The number of amides is 1. The van der Waals surface area contributed by atoms with Crippen LogP contribution in [0.15, 0.2) is 46.0 Å². The molecule has 32 heavy (non-hydrogen) atoms. The van der Waals surface area contributed by atoms with Crippen molar-refractivity contribution in [1.82, 2.24) is 5.32 Å². The third kappa shape index (κ3) is 6.70. The van der Waals surface area contributed by atoms with Crippen molar-refractivity contribution in [3.05, 3.63) is 41.8 Å². The van der Waals surface area contributed by atoms with E-state index in [1.54, 1.807) is 41.8 Å². The van der Waals surface area contributed by atoms with E-state index in [1.807, 2.05) is 0 Å². The van der Waals surface area contributed by atoms with Gasteiger partial charge in [0.1, 0.15) is 9.96 Å². The Kier molecular flexibility index (Phi) is 8.52. The first-order valence-corrected chi connectivity index (χ1v) is 12.9. The number of nitrogens with one attached hydrogen (secondary N) is 1. The van der Waals surface area contributed by atoms with Gasteiger partial charge in [0.05, 0.1) is 5.69 Å². The number of hydrogen-bond acceptors (Lipinski definition) is 7. The summed E-state index contributed by atoms with van der Waals surface area (Å²) >= 11 is 1.15. The van der Waals surface area contributed by atoms with E-state index in [1.165, 1.54) is 24.2 Å². The molecule has 0 saturated heterocycles. The highest BCUT2D eigenvalue weighted by Gasteiger charge is 2.22. The average Bonchev–Trinajstić information content (AvgIpc) is 3.23. The quantitative estimate of drug-likeness (QED) is 0.436. The molecule has 174 valence electrons. The fourth-order valence-corrected chi connectivity index (χ4v) is 5.82. The SMILES string of the molecule is CN(c1ccc(OCC(=O)OCC(=O)NC2CCCCCC2)cc1)S(=O)(=O)c1cccs1. The Hall–Kier alpha value is -2.59. The number of esters is 1. The molecule has 1 aliphatic carbocycles. The summed E-state index contributed by atoms with van der Waals surface area (Å²) in [6, 6.07) is 9.71. The number of rotatable bonds is 9. The molecule has 1 aromatic carbocycles. The highest BCUT2D eigenvalue weighted by Crippen LogP contribution is 2.26. The van der Waals surface area contributed by atoms with Gasteiger partial charge in [-0.3, -0.25) is 9.10 Å². The van der Waals surface area contributed by atoms with Crippen molar-refractivity contribution in [2.24, 2.45) is 0 Å². The molecule has 1 aromatic heterocycles. The second-order valence-electron chi connectivity index (χ2n) is 7.60. The molecule has 10 heteroatoms. The van der Waals surface area contributed by atoms with Crippen molar-refractivity contribution >= 4 is 38.9 Å². The second-order valence-corrected chi connectivity index (χ2v) is 10.7. The van der Waals surface area contributed by atoms with Crippen molar-refractivity contribution in [1.29, 1.82) is 0 Å². The maximum atomic E-state index is 12.6. The summed E-state index contributed by atoms with van der Waals surface area (Å²) in [5.41, 5.74) is 0.462. The van der Waals surface area contributed by atoms with E-state index in [-0.39, 0.29) is 29.4 Å². The van der Waals surface area contributed by atoms with E-state index in [0.717, 1.165) is 37.0 Å². The molecule has 0 bridgehead atoms. The minimum atomic E-state index is -3.62. The molecule has 0 radical (unpaired) electrons. The van der Waals surface area contributed by atoms with Crippen LogP contribution < -0.4 is 14.4 Å². The van der Waals surface area contributed by atoms with Gasteiger partial charge in [-0.1, -0.05) is 31.7 Å². The zero-order valence-corrected chi connectivity index (χ0v) is 19.6. The molecule has 0 unspecified atom stereocenters. The molecule has 1 amide bonds. The predicted molar refractivity (Wildman–Crippen MR) is 122 cm³/mol. The predicted octanol–water partition coefficient (Wildman–Crippen LogP) is 3.33. The Bertz CT molecular complexity index is 982. The number of ether oxygens (including phenoxy) is 2. The summed E-state index contributed by atoms with van der Waals surface area (Å²) in [5.74, 6) is -0.567. The van der Waals surface area contributed by atoms with Crippen LogP contribution in [0.4, 0.5) is 5.69 Å². The smallest absolute Gasteiger partial charge is 0.344 e. The van der Waals surface area contributed by atoms with Gasteiger partial charge >= 0.3 is 5.97 Å². The molecule has 0 atom stereocenters. The molecule has 1 heterocycles. The zero-order valence-electron chi connectivity index (χ0n) is 18.0. The Morgan fingerprint density at radius 1 is 1.06 bits per heavy atom. The summed E-state index contributed by atoms with van der Waals surface area (Å²) < 4.78 is 37.0. The number of nitrogens with zero attached hydrogens (tertiary/aromatic N) is 1. The normalized spacial score (nSPS) is 14.9. The zero-order chi connectivity index (χ0) is 23.0. The molecule has 0 aliphatic heterocycles. The van der Waals surface area contributed by atoms with Gasteiger partial charge in [0.2, 0.25) is 0 Å². The molecule has 0 spiro atoms. The molecule has 3 rings (SSSR count). The summed E-state index contributed by atoms with van der Waals surface area (Å²) in [6.07, 6.45) is 6.52. The van der Waals surface area contributed by atoms with Crippen LogP contribution in [0.3, 0.4) is 0 Å². The van der Waals surface area contributed by atoms with Crippen molar-refractivity contribution < 1.29 is 27.5 Å². The Morgan fingerprint density at radius 2 is 1.75 bits per heavy atom. The van der Waals surface area contributed by atoms with Gasteiger partial charge in [0.25, 0.3) is 15.9 Å². The first-order chi connectivity index (χ1) is 15.4. The maximum absolute atomic E-state index is 12.6. The lowest BCUT2D eigenvalue weighted by Gasteiger charge is -2.18. The van der Waals surface area contributed by atoms with E-state index in [2.05, 4.69) is 5.32 Å². The van der Waals surface area contributed by atoms with Crippen LogP contribution in [0.25, 0.3) is 0 Å². The van der Waals surface area contributed by atoms with E-state index in [4.69, 9.17) is 9.47 Å². The Balaban J connectivity index is 1.42. The molecular weight excluding hydrogens is 452 g/mol. The number of benzene rings is 1. The fourth-order valence-electron chi connectivity index (χ4n) is 3.46. The van der Waals surface area contributed by atoms with E-state index < -0.39 is 16.0 Å². The van der Waals surface area contributed by atoms with Crippen molar-refractivity contribution in [3.63, 3.8) is 0 Å². The highest BCUT2D eigenvalue weighted by atomic mass is 32.2. The van der Waals surface area contributed by atoms with Crippen LogP contribution in [0.5, 0.6) is 5.75 Å². The number of carbonyl (C=O) groups excluding carboxylic acids is 2. The molecule has 2 aromatic rings. The average molecular weight is 481 g/mol. The molecule has 1 saturated carbocycles. The molecule has 1 aliphatic rings. The maximum Gasteiger partial charge on any atom is 0.344 e.